The van der Waals surface area contributed by atoms with Gasteiger partial charge in [-0.2, -0.15) is 0 Å². The molecule has 4 atom stereocenters. The standard InChI is InChI=1S/C22H30N2O2/c1-17-13-24(16-22(26)20-11-7-4-8-12-20)18(2)14-23(17)15-21(25)19-9-5-3-6-10-19/h3-12,17-18,21-22,25-26H,13-16H2,1-2H3/t17-,18+,21?,22?. The van der Waals surface area contributed by atoms with Gasteiger partial charge in [-0.05, 0) is 25.0 Å². The lowest BCUT2D eigenvalue weighted by molar-refractivity contribution is -0.00752. The predicted octanol–water partition coefficient (Wildman–Crippen LogP) is 2.85. The molecule has 2 N–H and O–H groups in total. The van der Waals surface area contributed by atoms with Crippen LogP contribution in [0.25, 0.3) is 0 Å². The van der Waals surface area contributed by atoms with Crippen molar-refractivity contribution in [1.29, 1.82) is 0 Å². The summed E-state index contributed by atoms with van der Waals surface area (Å²) < 4.78 is 0. The van der Waals surface area contributed by atoms with E-state index in [-0.39, 0.29) is 0 Å². The molecule has 2 aromatic rings. The van der Waals surface area contributed by atoms with Crippen LogP contribution in [0.15, 0.2) is 60.7 Å². The highest BCUT2D eigenvalue weighted by molar-refractivity contribution is 5.18. The van der Waals surface area contributed by atoms with E-state index in [0.717, 1.165) is 24.2 Å². The van der Waals surface area contributed by atoms with Gasteiger partial charge in [0.05, 0.1) is 12.2 Å². The van der Waals surface area contributed by atoms with Crippen LogP contribution in [0.3, 0.4) is 0 Å². The molecule has 1 aliphatic rings. The largest absolute Gasteiger partial charge is 0.387 e. The normalized spacial score (nSPS) is 24.3. The molecule has 0 amide bonds. The monoisotopic (exact) mass is 354 g/mol. The van der Waals surface area contributed by atoms with Crippen LogP contribution >= 0.6 is 0 Å². The molecule has 26 heavy (non-hydrogen) atoms. The van der Waals surface area contributed by atoms with Crippen LogP contribution < -0.4 is 0 Å². The SMILES string of the molecule is C[C@@H]1CN(CC(O)c2ccccc2)[C@@H](C)CN1CC(O)c1ccccc1. The minimum absolute atomic E-state index is 0.340. The highest BCUT2D eigenvalue weighted by Crippen LogP contribution is 2.23. The van der Waals surface area contributed by atoms with Crippen LogP contribution in [0.2, 0.25) is 0 Å². The van der Waals surface area contributed by atoms with Gasteiger partial charge in [-0.25, -0.2) is 0 Å². The second-order valence-corrected chi connectivity index (χ2v) is 7.46. The minimum Gasteiger partial charge on any atom is -0.387 e. The second-order valence-electron chi connectivity index (χ2n) is 7.46. The fourth-order valence-corrected chi connectivity index (χ4v) is 3.78. The summed E-state index contributed by atoms with van der Waals surface area (Å²) in [4.78, 5) is 4.71. The maximum Gasteiger partial charge on any atom is 0.0917 e. The van der Waals surface area contributed by atoms with E-state index in [4.69, 9.17) is 0 Å². The van der Waals surface area contributed by atoms with E-state index >= 15 is 0 Å². The van der Waals surface area contributed by atoms with Gasteiger partial charge in [-0.15, -0.1) is 0 Å². The van der Waals surface area contributed by atoms with Gasteiger partial charge in [0.15, 0.2) is 0 Å². The molecule has 4 nitrogen and oxygen atoms in total. The summed E-state index contributed by atoms with van der Waals surface area (Å²) >= 11 is 0. The minimum atomic E-state index is -0.465. The molecule has 1 heterocycles. The fraction of sp³-hybridized carbons (Fsp3) is 0.455. The van der Waals surface area contributed by atoms with Gasteiger partial charge in [0.25, 0.3) is 0 Å². The number of hydrogen-bond donors (Lipinski definition) is 2. The summed E-state index contributed by atoms with van der Waals surface area (Å²) in [5.74, 6) is 0. The Labute approximate surface area is 156 Å². The van der Waals surface area contributed by atoms with Gasteiger partial charge < -0.3 is 10.2 Å². The molecule has 0 bridgehead atoms. The molecule has 0 aromatic heterocycles. The van der Waals surface area contributed by atoms with E-state index in [2.05, 4.69) is 23.6 Å². The van der Waals surface area contributed by atoms with Gasteiger partial charge in [0.1, 0.15) is 0 Å². The molecule has 140 valence electrons. The van der Waals surface area contributed by atoms with E-state index in [1.165, 1.54) is 0 Å². The number of rotatable bonds is 6. The van der Waals surface area contributed by atoms with Gasteiger partial charge in [0, 0.05) is 38.3 Å². The van der Waals surface area contributed by atoms with Crippen molar-refractivity contribution in [3.63, 3.8) is 0 Å². The zero-order valence-corrected chi connectivity index (χ0v) is 15.7. The smallest absolute Gasteiger partial charge is 0.0917 e. The number of aliphatic hydroxyl groups excluding tert-OH is 2. The van der Waals surface area contributed by atoms with E-state index in [0.29, 0.717) is 25.2 Å². The van der Waals surface area contributed by atoms with E-state index in [1.54, 1.807) is 0 Å². The first-order chi connectivity index (χ1) is 12.5. The summed E-state index contributed by atoms with van der Waals surface area (Å²) in [6, 6.07) is 20.4. The van der Waals surface area contributed by atoms with Crippen molar-refractivity contribution in [2.45, 2.75) is 38.1 Å². The quantitative estimate of drug-likeness (QED) is 0.837. The molecule has 0 radical (unpaired) electrons. The molecule has 4 heteroatoms. The van der Waals surface area contributed by atoms with Crippen molar-refractivity contribution in [2.75, 3.05) is 26.2 Å². The molecule has 1 fully saturated rings. The Morgan fingerprint density at radius 3 is 1.42 bits per heavy atom. The van der Waals surface area contributed by atoms with Crippen LogP contribution in [0, 0.1) is 0 Å². The van der Waals surface area contributed by atoms with Gasteiger partial charge in [0.2, 0.25) is 0 Å². The van der Waals surface area contributed by atoms with Crippen LogP contribution in [0.5, 0.6) is 0 Å². The lowest BCUT2D eigenvalue weighted by Crippen LogP contribution is -2.57. The Hall–Kier alpha value is -1.72. The number of β-amino-alcohol motifs (C(OH)–C–C–N with tert-alkyl or cyclic N) is 2. The van der Waals surface area contributed by atoms with Gasteiger partial charge >= 0.3 is 0 Å². The van der Waals surface area contributed by atoms with Crippen molar-refractivity contribution < 1.29 is 10.2 Å². The molecule has 2 aromatic carbocycles. The number of hydrogen-bond acceptors (Lipinski definition) is 4. The van der Waals surface area contributed by atoms with Crippen molar-refractivity contribution in [1.82, 2.24) is 9.80 Å². The maximum atomic E-state index is 10.5. The van der Waals surface area contributed by atoms with Crippen LogP contribution in [-0.2, 0) is 0 Å². The third kappa shape index (κ3) is 4.71. The Morgan fingerprint density at radius 1 is 0.731 bits per heavy atom. The summed E-state index contributed by atoms with van der Waals surface area (Å²) in [5, 5.41) is 21.1. The zero-order valence-electron chi connectivity index (χ0n) is 15.7. The van der Waals surface area contributed by atoms with Crippen LogP contribution in [0.4, 0.5) is 0 Å². The number of piperazine rings is 1. The Balaban J connectivity index is 1.57. The molecule has 1 saturated heterocycles. The van der Waals surface area contributed by atoms with E-state index in [9.17, 15) is 10.2 Å². The molecule has 3 rings (SSSR count). The average Bonchev–Trinajstić information content (AvgIpc) is 2.67. The molecule has 2 unspecified atom stereocenters. The van der Waals surface area contributed by atoms with E-state index in [1.807, 2.05) is 60.7 Å². The Kier molecular flexibility index (Phi) is 6.43. The molecular formula is C22H30N2O2. The highest BCUT2D eigenvalue weighted by Gasteiger charge is 2.31. The Morgan fingerprint density at radius 2 is 1.08 bits per heavy atom. The van der Waals surface area contributed by atoms with Gasteiger partial charge in [-0.3, -0.25) is 9.80 Å². The summed E-state index contributed by atoms with van der Waals surface area (Å²) in [5.41, 5.74) is 1.93. The topological polar surface area (TPSA) is 46.9 Å². The average molecular weight is 354 g/mol. The third-order valence-electron chi connectivity index (χ3n) is 5.43. The third-order valence-corrected chi connectivity index (χ3v) is 5.43. The summed E-state index contributed by atoms with van der Waals surface area (Å²) in [6.07, 6.45) is -0.931. The summed E-state index contributed by atoms with van der Waals surface area (Å²) in [7, 11) is 0. The predicted molar refractivity (Wildman–Crippen MR) is 105 cm³/mol. The number of aliphatic hydroxyl groups is 2. The number of benzene rings is 2. The first kappa shape index (κ1) is 19.1. The van der Waals surface area contributed by atoms with Crippen LogP contribution in [-0.4, -0.2) is 58.3 Å². The lowest BCUT2D eigenvalue weighted by Gasteiger charge is -2.45. The van der Waals surface area contributed by atoms with Crippen molar-refractivity contribution in [3.8, 4) is 0 Å². The fourth-order valence-electron chi connectivity index (χ4n) is 3.78. The first-order valence-corrected chi connectivity index (χ1v) is 9.48. The highest BCUT2D eigenvalue weighted by atomic mass is 16.3. The van der Waals surface area contributed by atoms with Gasteiger partial charge in [-0.1, -0.05) is 60.7 Å². The van der Waals surface area contributed by atoms with Crippen LogP contribution in [0.1, 0.15) is 37.2 Å². The zero-order chi connectivity index (χ0) is 18.5. The molecule has 1 aliphatic heterocycles. The van der Waals surface area contributed by atoms with E-state index < -0.39 is 12.2 Å². The first-order valence-electron chi connectivity index (χ1n) is 9.48. The molecule has 0 aliphatic carbocycles. The lowest BCUT2D eigenvalue weighted by atomic mass is 10.0. The van der Waals surface area contributed by atoms with Crippen molar-refractivity contribution in [3.05, 3.63) is 71.8 Å². The maximum absolute atomic E-state index is 10.5. The number of nitrogens with zero attached hydrogens (tertiary/aromatic N) is 2. The Bertz CT molecular complexity index is 605. The van der Waals surface area contributed by atoms with Crippen molar-refractivity contribution >= 4 is 0 Å². The second kappa shape index (κ2) is 8.78. The molecule has 0 saturated carbocycles. The molecular weight excluding hydrogens is 324 g/mol. The summed E-state index contributed by atoms with van der Waals surface area (Å²) in [6.45, 7) is 7.48. The van der Waals surface area contributed by atoms with Crippen molar-refractivity contribution in [2.24, 2.45) is 0 Å². The molecule has 0 spiro atoms.